The number of nitrogens with zero attached hydrogens (tertiary/aromatic N) is 4. The molecule has 2 bridgehead atoms. The zero-order chi connectivity index (χ0) is 17.7. The van der Waals surface area contributed by atoms with E-state index in [2.05, 4.69) is 53.9 Å². The van der Waals surface area contributed by atoms with Crippen molar-refractivity contribution in [2.75, 3.05) is 25.1 Å². The molecule has 0 amide bonds. The van der Waals surface area contributed by atoms with E-state index in [4.69, 9.17) is 4.74 Å². The van der Waals surface area contributed by atoms with Gasteiger partial charge in [0.15, 0.2) is 0 Å². The lowest BCUT2D eigenvalue weighted by atomic mass is 9.82. The fraction of sp³-hybridized carbons (Fsp3) is 0.500. The van der Waals surface area contributed by atoms with Crippen molar-refractivity contribution in [1.29, 1.82) is 0 Å². The highest BCUT2D eigenvalue weighted by Gasteiger charge is 2.56. The fourth-order valence-electron chi connectivity index (χ4n) is 5.32. The second kappa shape index (κ2) is 6.50. The maximum Gasteiger partial charge on any atom is 0.212 e. The van der Waals surface area contributed by atoms with Gasteiger partial charge in [-0.1, -0.05) is 6.07 Å². The number of hydrogen-bond donors (Lipinski definition) is 0. The van der Waals surface area contributed by atoms with Crippen LogP contribution < -0.4 is 9.64 Å². The predicted molar refractivity (Wildman–Crippen MR) is 104 cm³/mol. The van der Waals surface area contributed by atoms with E-state index in [0.717, 1.165) is 41.8 Å². The zero-order valence-electron chi connectivity index (χ0n) is 14.9. The third kappa shape index (κ3) is 2.70. The van der Waals surface area contributed by atoms with Crippen molar-refractivity contribution >= 4 is 21.7 Å². The molecule has 3 aliphatic heterocycles. The van der Waals surface area contributed by atoms with E-state index >= 15 is 0 Å². The Morgan fingerprint density at radius 3 is 2.38 bits per heavy atom. The number of pyridine rings is 2. The van der Waals surface area contributed by atoms with Gasteiger partial charge in [0.25, 0.3) is 0 Å². The number of ether oxygens (including phenoxy) is 1. The van der Waals surface area contributed by atoms with E-state index in [9.17, 15) is 0 Å². The van der Waals surface area contributed by atoms with E-state index in [1.165, 1.54) is 18.4 Å². The van der Waals surface area contributed by atoms with Crippen molar-refractivity contribution in [2.45, 2.75) is 31.5 Å². The van der Waals surface area contributed by atoms with Gasteiger partial charge in [0.2, 0.25) is 5.88 Å². The van der Waals surface area contributed by atoms with Crippen LogP contribution in [0.15, 0.2) is 41.1 Å². The van der Waals surface area contributed by atoms with Gasteiger partial charge in [-0.3, -0.25) is 4.90 Å². The first kappa shape index (κ1) is 16.5. The smallest absolute Gasteiger partial charge is 0.212 e. The molecule has 0 unspecified atom stereocenters. The molecule has 0 aliphatic carbocycles. The van der Waals surface area contributed by atoms with Gasteiger partial charge in [-0.2, -0.15) is 0 Å². The van der Waals surface area contributed by atoms with Crippen LogP contribution in [0.2, 0.25) is 0 Å². The monoisotopic (exact) mass is 414 g/mol. The van der Waals surface area contributed by atoms with E-state index in [1.807, 2.05) is 18.5 Å². The molecule has 6 heteroatoms. The average molecular weight is 415 g/mol. The van der Waals surface area contributed by atoms with Crippen molar-refractivity contribution < 1.29 is 4.74 Å². The summed E-state index contributed by atoms with van der Waals surface area (Å²) in [5.41, 5.74) is 1.29. The third-order valence-electron chi connectivity index (χ3n) is 6.42. The molecular weight excluding hydrogens is 392 g/mol. The van der Waals surface area contributed by atoms with Gasteiger partial charge in [0.05, 0.1) is 7.11 Å². The number of aromatic nitrogens is 2. The molecule has 0 spiro atoms. The van der Waals surface area contributed by atoms with Gasteiger partial charge >= 0.3 is 0 Å². The van der Waals surface area contributed by atoms with Crippen LogP contribution in [0.4, 0.5) is 5.82 Å². The van der Waals surface area contributed by atoms with Gasteiger partial charge in [-0.05, 0) is 58.3 Å². The molecule has 2 aromatic heterocycles. The summed E-state index contributed by atoms with van der Waals surface area (Å²) >= 11 is 3.48. The van der Waals surface area contributed by atoms with Crippen LogP contribution in [-0.2, 0) is 6.54 Å². The summed E-state index contributed by atoms with van der Waals surface area (Å²) in [5.74, 6) is 3.34. The second-order valence-corrected chi connectivity index (χ2v) is 8.58. The first-order valence-corrected chi connectivity index (χ1v) is 10.1. The Hall–Kier alpha value is -1.66. The summed E-state index contributed by atoms with van der Waals surface area (Å²) in [6, 6.07) is 9.74. The molecule has 5 rings (SSSR count). The van der Waals surface area contributed by atoms with Crippen molar-refractivity contribution in [3.8, 4) is 5.88 Å². The highest BCUT2D eigenvalue weighted by molar-refractivity contribution is 9.10. The summed E-state index contributed by atoms with van der Waals surface area (Å²) in [6.45, 7) is 3.28. The number of halogens is 1. The maximum absolute atomic E-state index is 5.18. The predicted octanol–water partition coefficient (Wildman–Crippen LogP) is 3.35. The molecule has 0 saturated carbocycles. The van der Waals surface area contributed by atoms with E-state index in [0.29, 0.717) is 18.0 Å². The fourth-order valence-corrected chi connectivity index (χ4v) is 5.55. The van der Waals surface area contributed by atoms with Crippen LogP contribution in [0.1, 0.15) is 18.4 Å². The molecular formula is C20H23BrN4O. The molecule has 3 saturated heterocycles. The minimum Gasteiger partial charge on any atom is -0.481 e. The third-order valence-corrected chi connectivity index (χ3v) is 6.89. The van der Waals surface area contributed by atoms with Crippen molar-refractivity contribution in [1.82, 2.24) is 14.9 Å². The van der Waals surface area contributed by atoms with Crippen LogP contribution in [0.25, 0.3) is 0 Å². The molecule has 3 fully saturated rings. The Bertz CT molecular complexity index is 761. The molecule has 5 heterocycles. The molecule has 0 N–H and O–H groups in total. The first-order valence-electron chi connectivity index (χ1n) is 9.34. The van der Waals surface area contributed by atoms with Gasteiger partial charge in [0, 0.05) is 54.7 Å². The van der Waals surface area contributed by atoms with Crippen molar-refractivity contribution in [3.05, 3.63) is 46.7 Å². The van der Waals surface area contributed by atoms with Gasteiger partial charge in [0.1, 0.15) is 5.82 Å². The van der Waals surface area contributed by atoms with Gasteiger partial charge < -0.3 is 9.64 Å². The topological polar surface area (TPSA) is 41.5 Å². The lowest BCUT2D eigenvalue weighted by Gasteiger charge is -2.27. The molecule has 2 aromatic rings. The number of hydrogen-bond acceptors (Lipinski definition) is 5. The SMILES string of the molecule is COc1ccc(CN2[C@@H]3CC[C@H]2[C@H]2CN(c4ccc(Br)cn4)C[C@H]23)cn1. The van der Waals surface area contributed by atoms with Crippen LogP contribution >= 0.6 is 15.9 Å². The van der Waals surface area contributed by atoms with Gasteiger partial charge in [-0.25, -0.2) is 9.97 Å². The number of anilines is 1. The van der Waals surface area contributed by atoms with E-state index < -0.39 is 0 Å². The summed E-state index contributed by atoms with van der Waals surface area (Å²) in [7, 11) is 1.66. The Morgan fingerprint density at radius 1 is 1.04 bits per heavy atom. The number of fused-ring (bicyclic) bond motifs is 5. The Balaban J connectivity index is 1.30. The molecule has 4 atom stereocenters. The number of methoxy groups -OCH3 is 1. The van der Waals surface area contributed by atoms with Crippen LogP contribution in [0.3, 0.4) is 0 Å². The quantitative estimate of drug-likeness (QED) is 0.766. The highest BCUT2D eigenvalue weighted by Crippen LogP contribution is 2.50. The molecule has 3 aliphatic rings. The molecule has 136 valence electrons. The summed E-state index contributed by atoms with van der Waals surface area (Å²) in [5, 5.41) is 0. The Kier molecular flexibility index (Phi) is 4.13. The molecule has 0 aromatic carbocycles. The summed E-state index contributed by atoms with van der Waals surface area (Å²) in [6.07, 6.45) is 6.53. The lowest BCUT2D eigenvalue weighted by molar-refractivity contribution is 0.221. The maximum atomic E-state index is 5.18. The molecule has 0 radical (unpaired) electrons. The largest absolute Gasteiger partial charge is 0.481 e. The minimum atomic E-state index is 0.688. The molecule has 26 heavy (non-hydrogen) atoms. The van der Waals surface area contributed by atoms with Crippen LogP contribution in [-0.4, -0.2) is 47.2 Å². The average Bonchev–Trinajstić information content (AvgIpc) is 3.34. The lowest BCUT2D eigenvalue weighted by Crippen LogP contribution is -2.35. The first-order chi connectivity index (χ1) is 12.7. The standard InChI is InChI=1S/C20H23BrN4O/c1-26-20-7-2-13(8-23-20)10-25-17-4-5-18(25)16-12-24(11-15(16)17)19-6-3-14(21)9-22-19/h2-3,6-9,15-18H,4-5,10-12H2,1H3/t15-,16+,17-,18+. The Labute approximate surface area is 162 Å². The highest BCUT2D eigenvalue weighted by atomic mass is 79.9. The zero-order valence-corrected chi connectivity index (χ0v) is 16.5. The Morgan fingerprint density at radius 2 is 1.81 bits per heavy atom. The van der Waals surface area contributed by atoms with Gasteiger partial charge in [-0.15, -0.1) is 0 Å². The van der Waals surface area contributed by atoms with Crippen LogP contribution in [0.5, 0.6) is 5.88 Å². The minimum absolute atomic E-state index is 0.688. The summed E-state index contributed by atoms with van der Waals surface area (Å²) in [4.78, 5) is 14.2. The normalized spacial score (nSPS) is 30.0. The second-order valence-electron chi connectivity index (χ2n) is 7.66. The summed E-state index contributed by atoms with van der Waals surface area (Å²) < 4.78 is 6.22. The molecule has 5 nitrogen and oxygen atoms in total. The van der Waals surface area contributed by atoms with Crippen molar-refractivity contribution in [2.24, 2.45) is 11.8 Å². The van der Waals surface area contributed by atoms with E-state index in [1.54, 1.807) is 7.11 Å². The number of rotatable bonds is 4. The van der Waals surface area contributed by atoms with E-state index in [-0.39, 0.29) is 0 Å². The van der Waals surface area contributed by atoms with Crippen molar-refractivity contribution in [3.63, 3.8) is 0 Å². The van der Waals surface area contributed by atoms with Crippen LogP contribution in [0, 0.1) is 11.8 Å².